The highest BCUT2D eigenvalue weighted by Gasteiger charge is 2.28. The summed E-state index contributed by atoms with van der Waals surface area (Å²) in [5, 5.41) is 20.3. The van der Waals surface area contributed by atoms with E-state index in [-0.39, 0.29) is 5.69 Å². The van der Waals surface area contributed by atoms with Gasteiger partial charge in [-0.15, -0.1) is 21.5 Å². The highest BCUT2D eigenvalue weighted by molar-refractivity contribution is 7.16. The number of carbonyl (C=O) groups is 1. The molecular weight excluding hydrogens is 513 g/mol. The fourth-order valence-electron chi connectivity index (χ4n) is 4.01. The van der Waals surface area contributed by atoms with Crippen molar-refractivity contribution in [3.63, 3.8) is 0 Å². The molecular formula is C24H28N6O3S2Si. The molecule has 36 heavy (non-hydrogen) atoms. The maximum absolute atomic E-state index is 11.2. The highest BCUT2D eigenvalue weighted by Crippen LogP contribution is 2.37. The van der Waals surface area contributed by atoms with Crippen LogP contribution in [-0.4, -0.2) is 52.0 Å². The minimum atomic E-state index is -1.17. The lowest BCUT2D eigenvalue weighted by molar-refractivity contribution is 0.0691. The molecule has 0 bridgehead atoms. The lowest BCUT2D eigenvalue weighted by atomic mass is 10.1. The molecule has 3 aromatic heterocycles. The topological polar surface area (TPSA) is 106 Å². The fraction of sp³-hybridized carbons (Fsp3) is 0.375. The summed E-state index contributed by atoms with van der Waals surface area (Å²) in [5.41, 5.74) is 3.17. The summed E-state index contributed by atoms with van der Waals surface area (Å²) in [6, 6.07) is 9.35. The summed E-state index contributed by atoms with van der Waals surface area (Å²) in [4.78, 5) is 23.2. The van der Waals surface area contributed by atoms with Crippen LogP contribution in [0.2, 0.25) is 25.7 Å². The van der Waals surface area contributed by atoms with E-state index in [2.05, 4.69) is 51.5 Å². The molecule has 0 spiro atoms. The first kappa shape index (κ1) is 24.7. The van der Waals surface area contributed by atoms with Gasteiger partial charge in [0.05, 0.1) is 10.2 Å². The maximum Gasteiger partial charge on any atom is 0.355 e. The Morgan fingerprint density at radius 2 is 2.06 bits per heavy atom. The number of aromatic carboxylic acids is 1. The predicted octanol–water partition coefficient (Wildman–Crippen LogP) is 5.19. The van der Waals surface area contributed by atoms with Gasteiger partial charge < -0.3 is 14.7 Å². The van der Waals surface area contributed by atoms with Gasteiger partial charge >= 0.3 is 5.97 Å². The number of ether oxygens (including phenoxy) is 1. The standard InChI is InChI=1S/C24H28N6O3S2Si/c1-15-16-9-10-29(23-25-17(13-34-23)22(31)32)21(16)28-27-20(15)26-24-30(14-33-11-12-36(2,3)4)18-7-5-6-8-19(18)35-24/h5-8,13H,9-12,14H2,1-4H3,(H,31,32). The van der Waals surface area contributed by atoms with Gasteiger partial charge in [-0.05, 0) is 31.5 Å². The van der Waals surface area contributed by atoms with Crippen LogP contribution in [0.5, 0.6) is 0 Å². The van der Waals surface area contributed by atoms with Crippen molar-refractivity contribution < 1.29 is 14.6 Å². The number of carboxylic acids is 1. The molecule has 1 aliphatic heterocycles. The van der Waals surface area contributed by atoms with Crippen molar-refractivity contribution >= 4 is 63.7 Å². The van der Waals surface area contributed by atoms with Crippen LogP contribution in [0.4, 0.5) is 16.8 Å². The van der Waals surface area contributed by atoms with E-state index in [1.165, 1.54) is 11.3 Å². The number of carboxylic acid groups (broad SMARTS) is 1. The molecule has 1 aliphatic rings. The Kier molecular flexibility index (Phi) is 6.77. The molecule has 0 saturated carbocycles. The number of aromatic nitrogens is 4. The van der Waals surface area contributed by atoms with Crippen LogP contribution < -0.4 is 9.70 Å². The van der Waals surface area contributed by atoms with Crippen molar-refractivity contribution in [1.29, 1.82) is 0 Å². The van der Waals surface area contributed by atoms with Crippen LogP contribution in [0, 0.1) is 6.92 Å². The molecule has 0 unspecified atom stereocenters. The van der Waals surface area contributed by atoms with Crippen molar-refractivity contribution in [2.24, 2.45) is 4.99 Å². The average Bonchev–Trinajstić information content (AvgIpc) is 3.55. The van der Waals surface area contributed by atoms with Crippen LogP contribution in [0.1, 0.15) is 21.6 Å². The number of fused-ring (bicyclic) bond motifs is 2. The normalized spacial score (nSPS) is 14.1. The molecule has 0 atom stereocenters. The SMILES string of the molecule is Cc1c(N=c2sc3ccccc3n2COCC[Si](C)(C)C)nnc2c1CCN2c1nc(C(=O)O)cs1. The number of rotatable bonds is 8. The number of anilines is 2. The summed E-state index contributed by atoms with van der Waals surface area (Å²) in [5.74, 6) is 0.273. The molecule has 12 heteroatoms. The quantitative estimate of drug-likeness (QED) is 0.242. The van der Waals surface area contributed by atoms with Crippen LogP contribution in [0.15, 0.2) is 34.6 Å². The van der Waals surface area contributed by atoms with Crippen LogP contribution in [0.25, 0.3) is 10.2 Å². The Morgan fingerprint density at radius 3 is 2.81 bits per heavy atom. The second kappa shape index (κ2) is 9.85. The van der Waals surface area contributed by atoms with Gasteiger partial charge in [-0.2, -0.15) is 4.99 Å². The molecule has 1 aromatic carbocycles. The Balaban J connectivity index is 1.47. The molecule has 0 fully saturated rings. The maximum atomic E-state index is 11.2. The summed E-state index contributed by atoms with van der Waals surface area (Å²) in [6.45, 7) is 10.9. The van der Waals surface area contributed by atoms with Gasteiger partial charge in [0.15, 0.2) is 27.3 Å². The first-order chi connectivity index (χ1) is 17.2. The van der Waals surface area contributed by atoms with E-state index >= 15 is 0 Å². The third-order valence-electron chi connectivity index (χ3n) is 6.09. The van der Waals surface area contributed by atoms with Crippen molar-refractivity contribution in [2.75, 3.05) is 18.1 Å². The van der Waals surface area contributed by atoms with E-state index in [9.17, 15) is 9.90 Å². The second-order valence-corrected chi connectivity index (χ2v) is 17.4. The van der Waals surface area contributed by atoms with Crippen LogP contribution in [0.3, 0.4) is 0 Å². The number of benzene rings is 1. The fourth-order valence-corrected chi connectivity index (χ4v) is 6.62. The Morgan fingerprint density at radius 1 is 1.25 bits per heavy atom. The molecule has 4 heterocycles. The van der Waals surface area contributed by atoms with Gasteiger partial charge in [-0.3, -0.25) is 4.57 Å². The molecule has 9 nitrogen and oxygen atoms in total. The van der Waals surface area contributed by atoms with E-state index < -0.39 is 14.0 Å². The molecule has 0 radical (unpaired) electrons. The third-order valence-corrected chi connectivity index (χ3v) is 9.71. The number of nitrogens with zero attached hydrogens (tertiary/aromatic N) is 6. The molecule has 4 aromatic rings. The summed E-state index contributed by atoms with van der Waals surface area (Å²) in [7, 11) is -1.17. The van der Waals surface area contributed by atoms with E-state index in [0.29, 0.717) is 24.2 Å². The van der Waals surface area contributed by atoms with E-state index in [0.717, 1.165) is 51.0 Å². The van der Waals surface area contributed by atoms with Crippen molar-refractivity contribution in [2.45, 2.75) is 45.8 Å². The first-order valence-corrected chi connectivity index (χ1v) is 17.1. The lowest BCUT2D eigenvalue weighted by Crippen LogP contribution is -2.23. The summed E-state index contributed by atoms with van der Waals surface area (Å²) < 4.78 is 9.33. The average molecular weight is 541 g/mol. The Bertz CT molecular complexity index is 1500. The summed E-state index contributed by atoms with van der Waals surface area (Å²) >= 11 is 2.91. The van der Waals surface area contributed by atoms with Crippen molar-refractivity contribution in [3.8, 4) is 0 Å². The number of thiazole rings is 2. The lowest BCUT2D eigenvalue weighted by Gasteiger charge is -2.15. The second-order valence-electron chi connectivity index (χ2n) is 9.91. The monoisotopic (exact) mass is 540 g/mol. The summed E-state index contributed by atoms with van der Waals surface area (Å²) in [6.07, 6.45) is 0.771. The third kappa shape index (κ3) is 4.98. The van der Waals surface area contributed by atoms with E-state index in [4.69, 9.17) is 9.73 Å². The largest absolute Gasteiger partial charge is 0.476 e. The van der Waals surface area contributed by atoms with Gasteiger partial charge in [0.2, 0.25) is 0 Å². The molecule has 0 saturated heterocycles. The first-order valence-electron chi connectivity index (χ1n) is 11.7. The highest BCUT2D eigenvalue weighted by atomic mass is 32.1. The van der Waals surface area contributed by atoms with Gasteiger partial charge in [0, 0.05) is 37.7 Å². The van der Waals surface area contributed by atoms with E-state index in [1.807, 2.05) is 24.0 Å². The van der Waals surface area contributed by atoms with Gasteiger partial charge in [-0.1, -0.05) is 43.1 Å². The number of hydrogen-bond acceptors (Lipinski definition) is 9. The van der Waals surface area contributed by atoms with Gasteiger partial charge in [-0.25, -0.2) is 9.78 Å². The van der Waals surface area contributed by atoms with Crippen LogP contribution >= 0.6 is 22.7 Å². The minimum absolute atomic E-state index is 0.0427. The Labute approximate surface area is 217 Å². The predicted molar refractivity (Wildman–Crippen MR) is 146 cm³/mol. The van der Waals surface area contributed by atoms with Gasteiger partial charge in [0.1, 0.15) is 6.73 Å². The molecule has 0 amide bonds. The Hall–Kier alpha value is -2.93. The van der Waals surface area contributed by atoms with E-state index in [1.54, 1.807) is 16.7 Å². The van der Waals surface area contributed by atoms with Crippen LogP contribution in [-0.2, 0) is 17.9 Å². The van der Waals surface area contributed by atoms with Crippen molar-refractivity contribution in [1.82, 2.24) is 19.7 Å². The zero-order valence-corrected chi connectivity index (χ0v) is 23.3. The number of hydrogen-bond donors (Lipinski definition) is 1. The smallest absolute Gasteiger partial charge is 0.355 e. The van der Waals surface area contributed by atoms with Crippen molar-refractivity contribution in [3.05, 3.63) is 51.3 Å². The van der Waals surface area contributed by atoms with Gasteiger partial charge in [0.25, 0.3) is 0 Å². The molecule has 0 aliphatic carbocycles. The zero-order valence-electron chi connectivity index (χ0n) is 20.7. The molecule has 188 valence electrons. The minimum Gasteiger partial charge on any atom is -0.476 e. The molecule has 1 N–H and O–H groups in total. The zero-order chi connectivity index (χ0) is 25.4. The molecule has 5 rings (SSSR count). The number of para-hydroxylation sites is 1.